The highest BCUT2D eigenvalue weighted by atomic mass is 32.2. The first-order valence-electron chi connectivity index (χ1n) is 7.36. The van der Waals surface area contributed by atoms with Gasteiger partial charge < -0.3 is 9.73 Å². The van der Waals surface area contributed by atoms with Crippen molar-refractivity contribution in [2.45, 2.75) is 31.3 Å². The van der Waals surface area contributed by atoms with Crippen LogP contribution in [-0.2, 0) is 16.6 Å². The summed E-state index contributed by atoms with van der Waals surface area (Å²) in [6, 6.07) is 6.98. The molecule has 1 aromatic heterocycles. The lowest BCUT2D eigenvalue weighted by Crippen LogP contribution is -2.36. The van der Waals surface area contributed by atoms with Crippen LogP contribution in [0.1, 0.15) is 40.3 Å². The quantitative estimate of drug-likeness (QED) is 0.908. The number of hydrogen-bond donors (Lipinski definition) is 1. The number of amides is 2. The molecular formula is C16H16N2O5S. The van der Waals surface area contributed by atoms with E-state index in [9.17, 15) is 18.0 Å². The zero-order valence-electron chi connectivity index (χ0n) is 13.1. The van der Waals surface area contributed by atoms with E-state index in [4.69, 9.17) is 4.42 Å². The fraction of sp³-hybridized carbons (Fsp3) is 0.250. The van der Waals surface area contributed by atoms with Crippen LogP contribution in [-0.4, -0.2) is 30.6 Å². The summed E-state index contributed by atoms with van der Waals surface area (Å²) >= 11 is 0. The molecule has 1 aliphatic rings. The summed E-state index contributed by atoms with van der Waals surface area (Å²) < 4.78 is 31.0. The van der Waals surface area contributed by atoms with Crippen LogP contribution < -0.4 is 5.32 Å². The Bertz CT molecular complexity index is 901. The number of hydrogen-bond acceptors (Lipinski definition) is 5. The molecule has 24 heavy (non-hydrogen) atoms. The second-order valence-corrected chi connectivity index (χ2v) is 7.46. The number of rotatable bonds is 4. The van der Waals surface area contributed by atoms with Crippen molar-refractivity contribution in [3.05, 3.63) is 53.5 Å². The van der Waals surface area contributed by atoms with Crippen LogP contribution in [0.25, 0.3) is 0 Å². The van der Waals surface area contributed by atoms with Gasteiger partial charge in [0.25, 0.3) is 21.8 Å². The molecule has 0 atom stereocenters. The van der Waals surface area contributed by atoms with E-state index in [2.05, 4.69) is 5.32 Å². The molecule has 3 rings (SSSR count). The molecule has 1 aliphatic heterocycles. The molecule has 0 unspecified atom stereocenters. The minimum atomic E-state index is -3.92. The van der Waals surface area contributed by atoms with Crippen LogP contribution in [0.5, 0.6) is 0 Å². The Labute approximate surface area is 139 Å². The van der Waals surface area contributed by atoms with Gasteiger partial charge in [0, 0.05) is 11.6 Å². The molecular weight excluding hydrogens is 332 g/mol. The first-order chi connectivity index (χ1) is 11.3. The number of carbonyl (C=O) groups is 2. The molecule has 0 spiro atoms. The highest BCUT2D eigenvalue weighted by Gasteiger charge is 2.42. The Kier molecular flexibility index (Phi) is 3.92. The minimum absolute atomic E-state index is 0.0892. The van der Waals surface area contributed by atoms with E-state index >= 15 is 0 Å². The molecule has 2 heterocycles. The molecule has 0 saturated carbocycles. The van der Waals surface area contributed by atoms with Gasteiger partial charge in [0.1, 0.15) is 10.7 Å². The number of nitrogens with one attached hydrogen (secondary N) is 1. The lowest BCUT2D eigenvalue weighted by molar-refractivity contribution is 0.0845. The second kappa shape index (κ2) is 5.79. The molecule has 126 valence electrons. The van der Waals surface area contributed by atoms with E-state index in [-0.39, 0.29) is 22.6 Å². The first-order valence-corrected chi connectivity index (χ1v) is 8.80. The number of nitrogens with zero attached hydrogens (tertiary/aromatic N) is 1. The van der Waals surface area contributed by atoms with Crippen LogP contribution in [0.15, 0.2) is 45.9 Å². The van der Waals surface area contributed by atoms with Gasteiger partial charge in [-0.25, -0.2) is 12.7 Å². The molecule has 0 aliphatic carbocycles. The average Bonchev–Trinajstić information content (AvgIpc) is 3.10. The van der Waals surface area contributed by atoms with Gasteiger partial charge in [-0.2, -0.15) is 0 Å². The molecule has 0 bridgehead atoms. The summed E-state index contributed by atoms with van der Waals surface area (Å²) in [6.07, 6.45) is 1.50. The summed E-state index contributed by atoms with van der Waals surface area (Å²) in [7, 11) is -3.92. The highest BCUT2D eigenvalue weighted by molar-refractivity contribution is 7.90. The minimum Gasteiger partial charge on any atom is -0.467 e. The normalized spacial score (nSPS) is 15.6. The van der Waals surface area contributed by atoms with Crippen molar-refractivity contribution >= 4 is 21.8 Å². The number of furan rings is 1. The topological polar surface area (TPSA) is 96.7 Å². The standard InChI is InChI=1S/C16H16N2O5S/c1-10(2)18-16(20)13-6-5-11(8-14(13)24(18,21)22)15(19)17-9-12-4-3-7-23-12/h3-8,10H,9H2,1-2H3,(H,17,19). The summed E-state index contributed by atoms with van der Waals surface area (Å²) in [6.45, 7) is 3.43. The van der Waals surface area contributed by atoms with Gasteiger partial charge in [0.15, 0.2) is 0 Å². The maximum Gasteiger partial charge on any atom is 0.269 e. The summed E-state index contributed by atoms with van der Waals surface area (Å²) in [4.78, 5) is 24.3. The van der Waals surface area contributed by atoms with Crippen LogP contribution in [0.4, 0.5) is 0 Å². The Balaban J connectivity index is 1.89. The molecule has 7 nitrogen and oxygen atoms in total. The van der Waals surface area contributed by atoms with Crippen molar-refractivity contribution in [3.63, 3.8) is 0 Å². The van der Waals surface area contributed by atoms with Crippen molar-refractivity contribution in [2.24, 2.45) is 0 Å². The smallest absolute Gasteiger partial charge is 0.269 e. The van der Waals surface area contributed by atoms with Gasteiger partial charge in [-0.05, 0) is 44.2 Å². The van der Waals surface area contributed by atoms with Gasteiger partial charge in [0.2, 0.25) is 0 Å². The third-order valence-corrected chi connectivity index (χ3v) is 5.68. The summed E-state index contributed by atoms with van der Waals surface area (Å²) in [5, 5.41) is 2.64. The van der Waals surface area contributed by atoms with E-state index in [1.807, 2.05) is 0 Å². The Morgan fingerprint density at radius 2 is 2.04 bits per heavy atom. The van der Waals surface area contributed by atoms with E-state index in [1.165, 1.54) is 24.5 Å². The zero-order valence-corrected chi connectivity index (χ0v) is 14.0. The predicted molar refractivity (Wildman–Crippen MR) is 84.8 cm³/mol. The lowest BCUT2D eigenvalue weighted by Gasteiger charge is -2.18. The first kappa shape index (κ1) is 16.3. The summed E-state index contributed by atoms with van der Waals surface area (Å²) in [5.74, 6) is -0.430. The maximum absolute atomic E-state index is 12.5. The Morgan fingerprint density at radius 1 is 1.29 bits per heavy atom. The summed E-state index contributed by atoms with van der Waals surface area (Å²) in [5.41, 5.74) is 0.258. The molecule has 0 saturated heterocycles. The number of carbonyl (C=O) groups excluding carboxylic acids is 2. The van der Waals surface area contributed by atoms with Gasteiger partial charge in [0.05, 0.1) is 18.4 Å². The van der Waals surface area contributed by atoms with Gasteiger partial charge >= 0.3 is 0 Å². The molecule has 1 N–H and O–H groups in total. The molecule has 8 heteroatoms. The molecule has 0 radical (unpaired) electrons. The number of sulfonamides is 1. The van der Waals surface area contributed by atoms with Crippen molar-refractivity contribution < 1.29 is 22.4 Å². The highest BCUT2D eigenvalue weighted by Crippen LogP contribution is 2.32. The van der Waals surface area contributed by atoms with Crippen molar-refractivity contribution in [1.82, 2.24) is 9.62 Å². The SMILES string of the molecule is CC(C)N1C(=O)c2ccc(C(=O)NCc3ccco3)cc2S1(=O)=O. The van der Waals surface area contributed by atoms with E-state index in [1.54, 1.807) is 26.0 Å². The maximum atomic E-state index is 12.5. The molecule has 2 amide bonds. The third-order valence-electron chi connectivity index (χ3n) is 3.68. The van der Waals surface area contributed by atoms with Crippen LogP contribution in [0.3, 0.4) is 0 Å². The molecule has 1 aromatic carbocycles. The van der Waals surface area contributed by atoms with Gasteiger partial charge in [-0.1, -0.05) is 0 Å². The number of benzene rings is 1. The fourth-order valence-corrected chi connectivity index (χ4v) is 4.37. The second-order valence-electron chi connectivity index (χ2n) is 5.67. The van der Waals surface area contributed by atoms with E-state index < -0.39 is 27.9 Å². The average molecular weight is 348 g/mol. The van der Waals surface area contributed by atoms with Crippen molar-refractivity contribution in [3.8, 4) is 0 Å². The molecule has 2 aromatic rings. The Hall–Kier alpha value is -2.61. The van der Waals surface area contributed by atoms with Crippen LogP contribution in [0.2, 0.25) is 0 Å². The number of fused-ring (bicyclic) bond motifs is 1. The van der Waals surface area contributed by atoms with E-state index in [0.717, 1.165) is 4.31 Å². The third kappa shape index (κ3) is 2.58. The van der Waals surface area contributed by atoms with Crippen molar-refractivity contribution in [2.75, 3.05) is 0 Å². The largest absolute Gasteiger partial charge is 0.467 e. The monoisotopic (exact) mass is 348 g/mol. The lowest BCUT2D eigenvalue weighted by atomic mass is 10.1. The fourth-order valence-electron chi connectivity index (χ4n) is 2.58. The van der Waals surface area contributed by atoms with Crippen LogP contribution in [0, 0.1) is 0 Å². The molecule has 0 fully saturated rings. The van der Waals surface area contributed by atoms with Gasteiger partial charge in [-0.15, -0.1) is 0 Å². The zero-order chi connectivity index (χ0) is 17.5. The Morgan fingerprint density at radius 3 is 2.67 bits per heavy atom. The van der Waals surface area contributed by atoms with Crippen LogP contribution >= 0.6 is 0 Å². The van der Waals surface area contributed by atoms with E-state index in [0.29, 0.717) is 5.76 Å². The van der Waals surface area contributed by atoms with Gasteiger partial charge in [-0.3, -0.25) is 9.59 Å². The predicted octanol–water partition coefficient (Wildman–Crippen LogP) is 1.76. The van der Waals surface area contributed by atoms with Crippen molar-refractivity contribution in [1.29, 1.82) is 0 Å².